The molecular weight excluding hydrogens is 358 g/mol. The molecule has 0 N–H and O–H groups in total. The Bertz CT molecular complexity index is 906. The lowest BCUT2D eigenvalue weighted by molar-refractivity contribution is -0.147. The van der Waals surface area contributed by atoms with Gasteiger partial charge in [0.05, 0.1) is 43.2 Å². The summed E-state index contributed by atoms with van der Waals surface area (Å²) in [5, 5.41) is 0. The first-order valence-electron chi connectivity index (χ1n) is 9.98. The number of hydrogen-bond donors (Lipinski definition) is 0. The molecule has 3 atom stereocenters. The number of benzene rings is 1. The van der Waals surface area contributed by atoms with Crippen LogP contribution in [0.5, 0.6) is 0 Å². The topological polar surface area (TPSA) is 73.7 Å². The van der Waals surface area contributed by atoms with Crippen LogP contribution in [0, 0.1) is 5.92 Å². The van der Waals surface area contributed by atoms with Crippen molar-refractivity contribution in [1.82, 2.24) is 9.55 Å². The number of carbonyl (C=O) groups excluding carboxylic acids is 2. The molecule has 0 saturated heterocycles. The highest BCUT2D eigenvalue weighted by atomic mass is 16.5. The summed E-state index contributed by atoms with van der Waals surface area (Å²) in [4.78, 5) is 30.7. The van der Waals surface area contributed by atoms with Crippen molar-refractivity contribution in [1.29, 1.82) is 0 Å². The van der Waals surface area contributed by atoms with E-state index in [2.05, 4.69) is 4.57 Å². The highest BCUT2D eigenvalue weighted by molar-refractivity contribution is 5.95. The van der Waals surface area contributed by atoms with Gasteiger partial charge < -0.3 is 14.0 Å². The number of aromatic nitrogens is 2. The molecule has 1 unspecified atom stereocenters. The lowest BCUT2D eigenvalue weighted by atomic mass is 9.85. The van der Waals surface area contributed by atoms with Gasteiger partial charge in [0.2, 0.25) is 0 Å². The van der Waals surface area contributed by atoms with E-state index < -0.39 is 0 Å². The largest absolute Gasteiger partial charge is 0.469 e. The predicted octanol–water partition coefficient (Wildman–Crippen LogP) is 3.85. The molecule has 1 saturated carbocycles. The fraction of sp³-hybridized carbons (Fsp3) is 0.571. The Hall–Kier alpha value is -2.57. The molecule has 28 heavy (non-hydrogen) atoms. The Kier molecular flexibility index (Phi) is 5.00. The van der Waals surface area contributed by atoms with E-state index in [4.69, 9.17) is 14.5 Å². The second-order valence-electron chi connectivity index (χ2n) is 7.85. The number of esters is 1. The van der Waals surface area contributed by atoms with E-state index in [-0.39, 0.29) is 30.1 Å². The molecule has 7 heteroatoms. The summed E-state index contributed by atoms with van der Waals surface area (Å²) >= 11 is 0. The van der Waals surface area contributed by atoms with Crippen LogP contribution in [-0.2, 0) is 20.7 Å². The maximum Gasteiger partial charge on any atom is 0.414 e. The average molecular weight is 385 g/mol. The van der Waals surface area contributed by atoms with Crippen molar-refractivity contribution in [2.45, 2.75) is 57.5 Å². The number of fused-ring (bicyclic) bond motifs is 3. The molecule has 7 nitrogen and oxygen atoms in total. The van der Waals surface area contributed by atoms with Crippen LogP contribution in [0.1, 0.15) is 50.6 Å². The normalized spacial score (nSPS) is 24.7. The van der Waals surface area contributed by atoms with E-state index in [9.17, 15) is 9.59 Å². The van der Waals surface area contributed by atoms with E-state index in [1.807, 2.05) is 25.4 Å². The number of hydrogen-bond acceptors (Lipinski definition) is 5. The molecule has 1 fully saturated rings. The molecule has 150 valence electrons. The zero-order chi connectivity index (χ0) is 19.8. The van der Waals surface area contributed by atoms with Gasteiger partial charge in [-0.25, -0.2) is 9.78 Å². The highest BCUT2D eigenvalue weighted by Crippen LogP contribution is 2.39. The fourth-order valence-corrected chi connectivity index (χ4v) is 4.80. The van der Waals surface area contributed by atoms with Crippen molar-refractivity contribution >= 4 is 28.8 Å². The van der Waals surface area contributed by atoms with Crippen molar-refractivity contribution in [2.75, 3.05) is 19.1 Å². The molecule has 1 aromatic carbocycles. The van der Waals surface area contributed by atoms with Crippen LogP contribution in [-0.4, -0.2) is 41.9 Å². The molecule has 1 amide bonds. The molecule has 2 aliphatic rings. The molecule has 1 aliphatic carbocycles. The molecule has 2 heterocycles. The van der Waals surface area contributed by atoms with Gasteiger partial charge in [0.1, 0.15) is 0 Å². The summed E-state index contributed by atoms with van der Waals surface area (Å²) in [5.74, 6) is -0.163. The van der Waals surface area contributed by atoms with Gasteiger partial charge in [-0.15, -0.1) is 0 Å². The number of amides is 1. The number of nitrogens with zero attached hydrogens (tertiary/aromatic N) is 3. The van der Waals surface area contributed by atoms with Crippen molar-refractivity contribution in [3.05, 3.63) is 24.0 Å². The molecule has 1 aromatic heterocycles. The monoisotopic (exact) mass is 385 g/mol. The van der Waals surface area contributed by atoms with Gasteiger partial charge in [-0.1, -0.05) is 6.42 Å². The van der Waals surface area contributed by atoms with Gasteiger partial charge in [0.25, 0.3) is 0 Å². The van der Waals surface area contributed by atoms with Gasteiger partial charge in [0, 0.05) is 17.6 Å². The standard InChI is InChI=1S/C21H27N3O4/c1-13-7-8-16-17(24(13)21(26)28-3)9-10-18-19(16)22-12-23(18)15-6-4-5-14(11-15)20(25)27-2/h9-10,12-15H,4-8,11H2,1-3H3/t13?,14-,15-/m1/s1. The number of ether oxygens (including phenoxy) is 2. The number of aryl methyl sites for hydroxylation is 1. The van der Waals surface area contributed by atoms with Gasteiger partial charge in [-0.2, -0.15) is 0 Å². The van der Waals surface area contributed by atoms with E-state index in [1.165, 1.54) is 14.2 Å². The maximum atomic E-state index is 12.3. The lowest BCUT2D eigenvalue weighted by Gasteiger charge is -2.34. The third-order valence-corrected chi connectivity index (χ3v) is 6.28. The minimum absolute atomic E-state index is 0.0468. The van der Waals surface area contributed by atoms with Crippen LogP contribution >= 0.6 is 0 Å². The summed E-state index contributed by atoms with van der Waals surface area (Å²) in [6.45, 7) is 2.04. The van der Waals surface area contributed by atoms with Crippen LogP contribution in [0.4, 0.5) is 10.5 Å². The number of imidazole rings is 1. The first-order valence-corrected chi connectivity index (χ1v) is 9.98. The predicted molar refractivity (Wildman–Crippen MR) is 105 cm³/mol. The zero-order valence-corrected chi connectivity index (χ0v) is 16.7. The number of carbonyl (C=O) groups is 2. The molecule has 4 rings (SSSR count). The molecule has 1 aliphatic heterocycles. The third-order valence-electron chi connectivity index (χ3n) is 6.28. The van der Waals surface area contributed by atoms with E-state index in [0.29, 0.717) is 0 Å². The number of anilines is 1. The summed E-state index contributed by atoms with van der Waals surface area (Å²) in [6, 6.07) is 4.37. The molecule has 2 aromatic rings. The summed E-state index contributed by atoms with van der Waals surface area (Å²) in [6.07, 6.45) is 7.01. The van der Waals surface area contributed by atoms with E-state index >= 15 is 0 Å². The number of methoxy groups -OCH3 is 2. The minimum atomic E-state index is -0.333. The minimum Gasteiger partial charge on any atom is -0.469 e. The average Bonchev–Trinajstić information content (AvgIpc) is 3.17. The second-order valence-corrected chi connectivity index (χ2v) is 7.85. The van der Waals surface area contributed by atoms with Crippen LogP contribution in [0.25, 0.3) is 11.0 Å². The Morgan fingerprint density at radius 1 is 1.14 bits per heavy atom. The smallest absolute Gasteiger partial charge is 0.414 e. The van der Waals surface area contributed by atoms with Crippen LogP contribution < -0.4 is 4.90 Å². The van der Waals surface area contributed by atoms with Crippen molar-refractivity contribution in [3.8, 4) is 0 Å². The Labute approximate surface area is 164 Å². The second kappa shape index (κ2) is 7.45. The molecule has 0 bridgehead atoms. The van der Waals surface area contributed by atoms with Crippen molar-refractivity contribution in [2.24, 2.45) is 5.92 Å². The highest BCUT2D eigenvalue weighted by Gasteiger charge is 2.33. The quantitative estimate of drug-likeness (QED) is 0.734. The summed E-state index contributed by atoms with van der Waals surface area (Å²) in [7, 11) is 2.87. The molecular formula is C21H27N3O4. The summed E-state index contributed by atoms with van der Waals surface area (Å²) < 4.78 is 12.2. The Morgan fingerprint density at radius 3 is 2.71 bits per heavy atom. The van der Waals surface area contributed by atoms with Crippen LogP contribution in [0.2, 0.25) is 0 Å². The fourth-order valence-electron chi connectivity index (χ4n) is 4.80. The Balaban J connectivity index is 1.71. The van der Waals surface area contributed by atoms with E-state index in [1.54, 1.807) is 4.90 Å². The summed E-state index contributed by atoms with van der Waals surface area (Å²) in [5.41, 5.74) is 3.99. The molecule has 0 spiro atoms. The van der Waals surface area contributed by atoms with E-state index in [0.717, 1.165) is 60.8 Å². The lowest BCUT2D eigenvalue weighted by Crippen LogP contribution is -2.42. The zero-order valence-electron chi connectivity index (χ0n) is 16.7. The van der Waals surface area contributed by atoms with Crippen molar-refractivity contribution < 1.29 is 19.1 Å². The first kappa shape index (κ1) is 18.8. The third kappa shape index (κ3) is 3.02. The maximum absolute atomic E-state index is 12.3. The SMILES string of the molecule is COC(=O)[C@@H]1CCC[C@@H](n2cnc3c4c(ccc32)N(C(=O)OC)C(C)CC4)C1. The van der Waals surface area contributed by atoms with Gasteiger partial charge >= 0.3 is 12.1 Å². The van der Waals surface area contributed by atoms with Gasteiger partial charge in [0.15, 0.2) is 0 Å². The van der Waals surface area contributed by atoms with Gasteiger partial charge in [-0.05, 0) is 51.2 Å². The van der Waals surface area contributed by atoms with Crippen LogP contribution in [0.15, 0.2) is 18.5 Å². The van der Waals surface area contributed by atoms with Crippen molar-refractivity contribution in [3.63, 3.8) is 0 Å². The Morgan fingerprint density at radius 2 is 1.96 bits per heavy atom. The first-order chi connectivity index (χ1) is 13.5. The van der Waals surface area contributed by atoms with Gasteiger partial charge in [-0.3, -0.25) is 9.69 Å². The number of rotatable bonds is 2. The molecule has 0 radical (unpaired) electrons. The van der Waals surface area contributed by atoms with Crippen LogP contribution in [0.3, 0.4) is 0 Å².